The molecule has 0 saturated carbocycles. The Bertz CT molecular complexity index is 976. The number of nitrogens with zero attached hydrogens (tertiary/aromatic N) is 1. The summed E-state index contributed by atoms with van der Waals surface area (Å²) in [4.78, 5) is 0. The quantitative estimate of drug-likeness (QED) is 0.0342. The molecule has 2 fully saturated rings. The van der Waals surface area contributed by atoms with Gasteiger partial charge in [0.25, 0.3) is 0 Å². The van der Waals surface area contributed by atoms with E-state index in [0.717, 1.165) is 36.9 Å². The van der Waals surface area contributed by atoms with Crippen molar-refractivity contribution in [3.63, 3.8) is 0 Å². The Balaban J connectivity index is 1.19. The molecule has 2 saturated heterocycles. The number of quaternary nitrogens is 1. The molecule has 344 valence electrons. The van der Waals surface area contributed by atoms with Gasteiger partial charge in [-0.3, -0.25) is 0 Å². The molecule has 0 amide bonds. The van der Waals surface area contributed by atoms with Crippen molar-refractivity contribution in [1.82, 2.24) is 0 Å². The molecule has 9 nitrogen and oxygen atoms in total. The molecule has 2 aliphatic rings. The zero-order valence-electron chi connectivity index (χ0n) is 39.3. The van der Waals surface area contributed by atoms with Crippen molar-refractivity contribution < 1.29 is 41.8 Å². The standard InChI is InChI=1S/C48H96NO8P/c1-47(2)52-43-45(55-47)46-44(56-48(3,4)57-46)42-51-39-36-34-32-30-28-26-24-22-20-18-16-14-12-10-8-9-11-13-15-17-19-21-23-25-27-29-31-33-35-37-40-53-58(50)54-41-38-49(5,6)7/h44-46H,8-43H2,1-7H3/q+2/t44-,45-,46+/m1/s1. The van der Waals surface area contributed by atoms with E-state index in [-0.39, 0.29) is 18.3 Å². The minimum absolute atomic E-state index is 0.119. The van der Waals surface area contributed by atoms with Crippen LogP contribution in [0.4, 0.5) is 0 Å². The fourth-order valence-corrected chi connectivity index (χ4v) is 8.79. The van der Waals surface area contributed by atoms with Crippen LogP contribution >= 0.6 is 8.25 Å². The van der Waals surface area contributed by atoms with Crippen LogP contribution in [0, 0.1) is 0 Å². The Morgan fingerprint density at radius 3 is 1.21 bits per heavy atom. The third kappa shape index (κ3) is 30.8. The maximum absolute atomic E-state index is 11.7. The molecule has 10 heteroatoms. The van der Waals surface area contributed by atoms with Crippen LogP contribution in [-0.4, -0.2) is 95.1 Å². The number of rotatable bonds is 41. The van der Waals surface area contributed by atoms with Crippen LogP contribution in [0.5, 0.6) is 0 Å². The molecule has 0 aromatic heterocycles. The predicted molar refractivity (Wildman–Crippen MR) is 240 cm³/mol. The topological polar surface area (TPSA) is 81.7 Å². The number of unbranched alkanes of at least 4 members (excludes halogenated alkanes) is 29. The Morgan fingerprint density at radius 2 is 0.845 bits per heavy atom. The summed E-state index contributed by atoms with van der Waals surface area (Å²) in [5, 5.41) is 0. The van der Waals surface area contributed by atoms with Crippen LogP contribution in [0.25, 0.3) is 0 Å². The fraction of sp³-hybridized carbons (Fsp3) is 1.00. The monoisotopic (exact) mass is 846 g/mol. The summed E-state index contributed by atoms with van der Waals surface area (Å²) in [7, 11) is 4.34. The summed E-state index contributed by atoms with van der Waals surface area (Å²) in [6.45, 7) is 11.5. The van der Waals surface area contributed by atoms with Gasteiger partial charge in [-0.05, 0) is 40.5 Å². The van der Waals surface area contributed by atoms with E-state index in [2.05, 4.69) is 21.1 Å². The molecule has 58 heavy (non-hydrogen) atoms. The van der Waals surface area contributed by atoms with Crippen molar-refractivity contribution in [2.75, 3.05) is 60.7 Å². The normalized spacial score (nSPS) is 20.7. The molecule has 0 aliphatic carbocycles. The summed E-state index contributed by atoms with van der Waals surface area (Å²) in [5.41, 5.74) is 0. The van der Waals surface area contributed by atoms with Crippen molar-refractivity contribution in [2.45, 2.75) is 250 Å². The lowest BCUT2D eigenvalue weighted by atomic mass is 10.0. The summed E-state index contributed by atoms with van der Waals surface area (Å²) in [5.74, 6) is -1.18. The number of ether oxygens (including phenoxy) is 5. The lowest BCUT2D eigenvalue weighted by Crippen LogP contribution is -2.40. The van der Waals surface area contributed by atoms with Crippen molar-refractivity contribution in [3.8, 4) is 0 Å². The second kappa shape index (κ2) is 33.4. The van der Waals surface area contributed by atoms with Gasteiger partial charge >= 0.3 is 8.25 Å². The Hall–Kier alpha value is -0.220. The summed E-state index contributed by atoms with van der Waals surface area (Å²) < 4.78 is 53.2. The van der Waals surface area contributed by atoms with E-state index < -0.39 is 19.8 Å². The molecule has 0 N–H and O–H groups in total. The van der Waals surface area contributed by atoms with E-state index in [1.807, 2.05) is 27.7 Å². The Kier molecular flexibility index (Phi) is 31.0. The number of likely N-dealkylation sites (N-methyl/N-ethyl adjacent to an activating group) is 1. The van der Waals surface area contributed by atoms with Gasteiger partial charge in [0.15, 0.2) is 18.2 Å². The second-order valence-corrected chi connectivity index (χ2v) is 20.6. The average molecular weight is 846 g/mol. The van der Waals surface area contributed by atoms with E-state index in [0.29, 0.717) is 26.4 Å². The van der Waals surface area contributed by atoms with E-state index in [1.54, 1.807) is 0 Å². The van der Waals surface area contributed by atoms with Gasteiger partial charge in [-0.1, -0.05) is 180 Å². The SMILES string of the molecule is CC1(C)OC[C@H]([C@H]2OC(C)(C)O[C@@H]2COCCCCCCCCCCCCCCCCCCCCCCCCCCCCCCCCO[P+](=O)OCC[N+](C)(C)C)O1. The largest absolute Gasteiger partial charge is 0.697 e. The zero-order valence-corrected chi connectivity index (χ0v) is 40.2. The van der Waals surface area contributed by atoms with Crippen LogP contribution in [0.15, 0.2) is 0 Å². The highest BCUT2D eigenvalue weighted by atomic mass is 31.1. The smallest absolute Gasteiger partial charge is 0.379 e. The molecule has 2 heterocycles. The molecule has 0 aromatic rings. The van der Waals surface area contributed by atoms with Crippen molar-refractivity contribution >= 4 is 8.25 Å². The van der Waals surface area contributed by atoms with Gasteiger partial charge in [-0.2, -0.15) is 0 Å². The van der Waals surface area contributed by atoms with Crippen LogP contribution in [0.3, 0.4) is 0 Å². The molecule has 0 aromatic carbocycles. The molecule has 2 aliphatic heterocycles. The molecular weight excluding hydrogens is 750 g/mol. The third-order valence-corrected chi connectivity index (χ3v) is 12.5. The third-order valence-electron chi connectivity index (χ3n) is 11.7. The Labute approximate surface area is 360 Å². The number of hydrogen-bond donors (Lipinski definition) is 0. The molecule has 4 atom stereocenters. The van der Waals surface area contributed by atoms with Crippen molar-refractivity contribution in [2.24, 2.45) is 0 Å². The van der Waals surface area contributed by atoms with Gasteiger partial charge < -0.3 is 28.2 Å². The molecule has 2 rings (SSSR count). The van der Waals surface area contributed by atoms with Crippen molar-refractivity contribution in [1.29, 1.82) is 0 Å². The molecule has 0 spiro atoms. The fourth-order valence-electron chi connectivity index (χ4n) is 8.21. The predicted octanol–water partition coefficient (Wildman–Crippen LogP) is 13.8. The maximum atomic E-state index is 11.7. The van der Waals surface area contributed by atoms with Crippen LogP contribution < -0.4 is 0 Å². The van der Waals surface area contributed by atoms with E-state index in [1.165, 1.54) is 173 Å². The molecule has 0 radical (unpaired) electrons. The zero-order chi connectivity index (χ0) is 42.2. The minimum Gasteiger partial charge on any atom is -0.379 e. The highest BCUT2D eigenvalue weighted by molar-refractivity contribution is 7.33. The summed E-state index contributed by atoms with van der Waals surface area (Å²) >= 11 is 0. The van der Waals surface area contributed by atoms with Crippen LogP contribution in [0.1, 0.15) is 220 Å². The Morgan fingerprint density at radius 1 is 0.483 bits per heavy atom. The van der Waals surface area contributed by atoms with Gasteiger partial charge in [0.2, 0.25) is 0 Å². The van der Waals surface area contributed by atoms with Crippen LogP contribution in [0.2, 0.25) is 0 Å². The lowest BCUT2D eigenvalue weighted by Gasteiger charge is -2.23. The first-order valence-electron chi connectivity index (χ1n) is 24.7. The number of hydrogen-bond acceptors (Lipinski definition) is 8. The highest BCUT2D eigenvalue weighted by Gasteiger charge is 2.49. The van der Waals surface area contributed by atoms with Gasteiger partial charge in [0.1, 0.15) is 31.5 Å². The van der Waals surface area contributed by atoms with Crippen LogP contribution in [-0.2, 0) is 37.3 Å². The summed E-state index contributed by atoms with van der Waals surface area (Å²) in [6.07, 6.45) is 40.7. The minimum atomic E-state index is -1.96. The first-order valence-corrected chi connectivity index (χ1v) is 25.8. The molecule has 0 bridgehead atoms. The highest BCUT2D eigenvalue weighted by Crippen LogP contribution is 2.35. The van der Waals surface area contributed by atoms with Gasteiger partial charge in [0.05, 0.1) is 34.4 Å². The van der Waals surface area contributed by atoms with Crippen molar-refractivity contribution in [3.05, 3.63) is 0 Å². The average Bonchev–Trinajstić information content (AvgIpc) is 3.69. The maximum Gasteiger partial charge on any atom is 0.697 e. The van der Waals surface area contributed by atoms with E-state index in [9.17, 15) is 4.57 Å². The first kappa shape index (κ1) is 53.9. The van der Waals surface area contributed by atoms with E-state index in [4.69, 9.17) is 32.7 Å². The lowest BCUT2D eigenvalue weighted by molar-refractivity contribution is -0.870. The van der Waals surface area contributed by atoms with Gasteiger partial charge in [-0.25, -0.2) is 0 Å². The molecular formula is C48H96NO8P+2. The molecule has 1 unspecified atom stereocenters. The van der Waals surface area contributed by atoms with Gasteiger partial charge in [0, 0.05) is 11.2 Å². The first-order chi connectivity index (χ1) is 27.9. The second-order valence-electron chi connectivity index (χ2n) is 19.6. The summed E-state index contributed by atoms with van der Waals surface area (Å²) in [6, 6.07) is 0. The van der Waals surface area contributed by atoms with E-state index >= 15 is 0 Å². The van der Waals surface area contributed by atoms with Gasteiger partial charge in [-0.15, -0.1) is 9.05 Å².